The Morgan fingerprint density at radius 2 is 1.96 bits per heavy atom. The van der Waals surface area contributed by atoms with Crippen LogP contribution in [0.2, 0.25) is 0 Å². The van der Waals surface area contributed by atoms with Gasteiger partial charge in [0.1, 0.15) is 0 Å². The minimum atomic E-state index is -0.170. The third kappa shape index (κ3) is 3.17. The van der Waals surface area contributed by atoms with Crippen molar-refractivity contribution in [3.63, 3.8) is 0 Å². The molecule has 2 aromatic rings. The molecule has 7 heteroatoms. The van der Waals surface area contributed by atoms with E-state index in [9.17, 15) is 9.59 Å². The van der Waals surface area contributed by atoms with Crippen molar-refractivity contribution in [1.29, 1.82) is 0 Å². The Morgan fingerprint density at radius 3 is 2.60 bits per heavy atom. The van der Waals surface area contributed by atoms with Crippen molar-refractivity contribution >= 4 is 16.7 Å². The number of carbonyl (C=O) groups is 1. The lowest BCUT2D eigenvalue weighted by Crippen LogP contribution is -2.57. The van der Waals surface area contributed by atoms with Gasteiger partial charge in [-0.25, -0.2) is 4.68 Å². The highest BCUT2D eigenvalue weighted by Crippen LogP contribution is 2.19. The Labute approximate surface area is 147 Å². The Balaban J connectivity index is 2.13. The summed E-state index contributed by atoms with van der Waals surface area (Å²) >= 11 is 0. The van der Waals surface area contributed by atoms with Gasteiger partial charge >= 0.3 is 0 Å². The van der Waals surface area contributed by atoms with Crippen molar-refractivity contribution in [3.05, 3.63) is 40.3 Å². The van der Waals surface area contributed by atoms with E-state index in [1.807, 2.05) is 27.0 Å². The number of nitrogens with zero attached hydrogens (tertiary/aromatic N) is 4. The molecule has 25 heavy (non-hydrogen) atoms. The number of rotatable bonds is 3. The number of carbonyl (C=O) groups excluding carboxylic acids is 1. The van der Waals surface area contributed by atoms with E-state index in [-0.39, 0.29) is 23.6 Å². The van der Waals surface area contributed by atoms with Crippen molar-refractivity contribution in [2.24, 2.45) is 5.73 Å². The largest absolute Gasteiger partial charge is 0.330 e. The molecule has 0 aliphatic carbocycles. The second-order valence-corrected chi connectivity index (χ2v) is 6.89. The summed E-state index contributed by atoms with van der Waals surface area (Å²) < 4.78 is 1.39. The average Bonchev–Trinajstić information content (AvgIpc) is 2.61. The second-order valence-electron chi connectivity index (χ2n) is 6.89. The van der Waals surface area contributed by atoms with E-state index in [0.717, 1.165) is 13.1 Å². The zero-order chi connectivity index (χ0) is 18.1. The quantitative estimate of drug-likeness (QED) is 0.886. The highest BCUT2D eigenvalue weighted by Gasteiger charge is 2.31. The van der Waals surface area contributed by atoms with Gasteiger partial charge < -0.3 is 15.5 Å². The number of amides is 1. The fourth-order valence-corrected chi connectivity index (χ4v) is 3.33. The van der Waals surface area contributed by atoms with E-state index in [0.29, 0.717) is 29.6 Å². The van der Waals surface area contributed by atoms with Gasteiger partial charge in [-0.3, -0.25) is 9.59 Å². The van der Waals surface area contributed by atoms with Crippen LogP contribution in [0.15, 0.2) is 29.1 Å². The minimum Gasteiger partial charge on any atom is -0.330 e. The lowest BCUT2D eigenvalue weighted by Gasteiger charge is -2.39. The number of likely N-dealkylation sites (N-methyl/N-ethyl adjacent to an activating group) is 1. The lowest BCUT2D eigenvalue weighted by atomic mass is 10.1. The summed E-state index contributed by atoms with van der Waals surface area (Å²) in [6.45, 7) is 6.31. The Morgan fingerprint density at radius 1 is 1.28 bits per heavy atom. The number of benzene rings is 1. The third-order valence-corrected chi connectivity index (χ3v) is 4.74. The first-order valence-electron chi connectivity index (χ1n) is 8.65. The van der Waals surface area contributed by atoms with Crippen molar-refractivity contribution in [1.82, 2.24) is 19.6 Å². The maximum Gasteiger partial charge on any atom is 0.275 e. The van der Waals surface area contributed by atoms with Gasteiger partial charge in [0, 0.05) is 31.6 Å². The van der Waals surface area contributed by atoms with Crippen LogP contribution in [0.1, 0.15) is 30.4 Å². The normalized spacial score (nSPS) is 18.9. The zero-order valence-electron chi connectivity index (χ0n) is 15.0. The summed E-state index contributed by atoms with van der Waals surface area (Å²) in [6, 6.07) is 6.99. The standard InChI is InChI=1S/C18H25N5O2/c1-12(2)23-17(24)15-7-5-4-6-14(15)16(20-23)18(25)22-9-8-21(3)11-13(22)10-19/h4-7,12-13H,8-11,19H2,1-3H3/t13-/m0/s1. The first kappa shape index (κ1) is 17.6. The van der Waals surface area contributed by atoms with E-state index < -0.39 is 0 Å². The highest BCUT2D eigenvalue weighted by atomic mass is 16.2. The van der Waals surface area contributed by atoms with E-state index >= 15 is 0 Å². The summed E-state index contributed by atoms with van der Waals surface area (Å²) in [5.41, 5.74) is 6.05. The molecule has 1 aliphatic heterocycles. The summed E-state index contributed by atoms with van der Waals surface area (Å²) in [5, 5.41) is 5.54. The molecule has 2 heterocycles. The van der Waals surface area contributed by atoms with Crippen molar-refractivity contribution < 1.29 is 4.79 Å². The van der Waals surface area contributed by atoms with Crippen molar-refractivity contribution in [3.8, 4) is 0 Å². The Bertz CT molecular complexity index is 845. The molecule has 0 bridgehead atoms. The molecule has 1 aliphatic rings. The molecule has 7 nitrogen and oxygen atoms in total. The monoisotopic (exact) mass is 343 g/mol. The van der Waals surface area contributed by atoms with E-state index in [2.05, 4.69) is 10.00 Å². The van der Waals surface area contributed by atoms with Crippen LogP contribution in [-0.4, -0.2) is 64.8 Å². The van der Waals surface area contributed by atoms with Gasteiger partial charge in [-0.15, -0.1) is 0 Å². The Kier molecular flexibility index (Phi) is 4.87. The number of piperazine rings is 1. The zero-order valence-corrected chi connectivity index (χ0v) is 15.0. The van der Waals surface area contributed by atoms with Crippen LogP contribution in [0.3, 0.4) is 0 Å². The van der Waals surface area contributed by atoms with Crippen LogP contribution in [0.5, 0.6) is 0 Å². The summed E-state index contributed by atoms with van der Waals surface area (Å²) in [7, 11) is 2.02. The smallest absolute Gasteiger partial charge is 0.275 e. The number of fused-ring (bicyclic) bond motifs is 1. The van der Waals surface area contributed by atoms with Gasteiger partial charge in [-0.05, 0) is 27.0 Å². The van der Waals surface area contributed by atoms with Crippen molar-refractivity contribution in [2.45, 2.75) is 25.9 Å². The first-order valence-corrected chi connectivity index (χ1v) is 8.65. The molecule has 0 radical (unpaired) electrons. The number of nitrogens with two attached hydrogens (primary N) is 1. The van der Waals surface area contributed by atoms with Gasteiger partial charge in [0.25, 0.3) is 11.5 Å². The van der Waals surface area contributed by atoms with Gasteiger partial charge in [0.2, 0.25) is 0 Å². The summed E-state index contributed by atoms with van der Waals surface area (Å²) in [4.78, 5) is 29.8. The number of aromatic nitrogens is 2. The van der Waals surface area contributed by atoms with E-state index in [1.54, 1.807) is 23.1 Å². The average molecular weight is 343 g/mol. The maximum atomic E-state index is 13.2. The van der Waals surface area contributed by atoms with Crippen molar-refractivity contribution in [2.75, 3.05) is 33.2 Å². The van der Waals surface area contributed by atoms with Crippen LogP contribution < -0.4 is 11.3 Å². The van der Waals surface area contributed by atoms with Crippen LogP contribution in [0, 0.1) is 0 Å². The van der Waals surface area contributed by atoms with Gasteiger partial charge in [-0.2, -0.15) is 5.10 Å². The predicted octanol–water partition coefficient (Wildman–Crippen LogP) is 0.692. The van der Waals surface area contributed by atoms with E-state index in [4.69, 9.17) is 5.73 Å². The lowest BCUT2D eigenvalue weighted by molar-refractivity contribution is 0.0509. The van der Waals surface area contributed by atoms with Crippen LogP contribution in [-0.2, 0) is 0 Å². The molecule has 2 N–H and O–H groups in total. The number of hydrogen-bond acceptors (Lipinski definition) is 5. The fourth-order valence-electron chi connectivity index (χ4n) is 3.33. The van der Waals surface area contributed by atoms with Crippen LogP contribution in [0.25, 0.3) is 10.8 Å². The third-order valence-electron chi connectivity index (χ3n) is 4.74. The topological polar surface area (TPSA) is 84.5 Å². The molecule has 1 amide bonds. The minimum absolute atomic E-state index is 0.0498. The van der Waals surface area contributed by atoms with Gasteiger partial charge in [0.15, 0.2) is 5.69 Å². The molecule has 1 saturated heterocycles. The first-order chi connectivity index (χ1) is 11.9. The molecular weight excluding hydrogens is 318 g/mol. The molecule has 3 rings (SSSR count). The molecule has 1 aromatic heterocycles. The summed E-state index contributed by atoms with van der Waals surface area (Å²) in [5.74, 6) is -0.158. The second kappa shape index (κ2) is 6.93. The van der Waals surface area contributed by atoms with Gasteiger partial charge in [0.05, 0.1) is 17.5 Å². The van der Waals surface area contributed by atoms with Crippen LogP contribution >= 0.6 is 0 Å². The van der Waals surface area contributed by atoms with E-state index in [1.165, 1.54) is 4.68 Å². The molecule has 134 valence electrons. The molecular formula is C18H25N5O2. The summed E-state index contributed by atoms with van der Waals surface area (Å²) in [6.07, 6.45) is 0. The fraction of sp³-hybridized carbons (Fsp3) is 0.500. The predicted molar refractivity (Wildman–Crippen MR) is 97.8 cm³/mol. The molecule has 1 aromatic carbocycles. The molecule has 0 saturated carbocycles. The SMILES string of the molecule is CC(C)n1nc(C(=O)N2CCN(C)C[C@@H]2CN)c2ccccc2c1=O. The number of hydrogen-bond donors (Lipinski definition) is 1. The molecule has 1 fully saturated rings. The molecule has 1 atom stereocenters. The maximum absolute atomic E-state index is 13.2. The highest BCUT2D eigenvalue weighted by molar-refractivity contribution is 6.05. The van der Waals surface area contributed by atoms with Gasteiger partial charge in [-0.1, -0.05) is 18.2 Å². The Hall–Kier alpha value is -2.25. The molecule has 0 unspecified atom stereocenters. The molecule has 0 spiro atoms. The van der Waals surface area contributed by atoms with Crippen LogP contribution in [0.4, 0.5) is 0 Å².